The molecule has 2 rings (SSSR count). The minimum atomic E-state index is -0.521. The molecule has 1 heterocycles. The van der Waals surface area contributed by atoms with Crippen molar-refractivity contribution in [2.75, 3.05) is 32.8 Å². The van der Waals surface area contributed by atoms with Gasteiger partial charge in [-0.15, -0.1) is 0 Å². The summed E-state index contributed by atoms with van der Waals surface area (Å²) in [4.78, 5) is 2.19. The van der Waals surface area contributed by atoms with Gasteiger partial charge in [-0.25, -0.2) is 0 Å². The Bertz CT molecular complexity index is 340. The number of aliphatic hydroxyl groups is 1. The van der Waals surface area contributed by atoms with E-state index in [1.807, 2.05) is 18.2 Å². The van der Waals surface area contributed by atoms with Crippen molar-refractivity contribution < 1.29 is 9.84 Å². The minimum Gasteiger partial charge on any atom is -0.387 e. The molecule has 1 fully saturated rings. The monoisotopic (exact) mass is 241 g/mol. The first-order valence-electron chi connectivity index (χ1n) is 5.50. The van der Waals surface area contributed by atoms with Crippen LogP contribution in [0.25, 0.3) is 0 Å². The van der Waals surface area contributed by atoms with Gasteiger partial charge in [0, 0.05) is 30.2 Å². The minimum absolute atomic E-state index is 0.521. The summed E-state index contributed by atoms with van der Waals surface area (Å²) in [5, 5.41) is 10.7. The first kappa shape index (κ1) is 11.9. The fraction of sp³-hybridized carbons (Fsp3) is 0.500. The molecule has 0 spiro atoms. The van der Waals surface area contributed by atoms with Crippen molar-refractivity contribution in [3.63, 3.8) is 0 Å². The highest BCUT2D eigenvalue weighted by atomic mass is 35.5. The lowest BCUT2D eigenvalue weighted by Crippen LogP contribution is -2.38. The van der Waals surface area contributed by atoms with Crippen LogP contribution in [0, 0.1) is 0 Å². The highest BCUT2D eigenvalue weighted by molar-refractivity contribution is 6.31. The Kier molecular flexibility index (Phi) is 4.18. The van der Waals surface area contributed by atoms with Gasteiger partial charge in [0.15, 0.2) is 0 Å². The third kappa shape index (κ3) is 2.95. The number of aliphatic hydroxyl groups excluding tert-OH is 1. The lowest BCUT2D eigenvalue weighted by Gasteiger charge is -2.28. The van der Waals surface area contributed by atoms with E-state index >= 15 is 0 Å². The van der Waals surface area contributed by atoms with Crippen LogP contribution in [-0.4, -0.2) is 42.9 Å². The zero-order chi connectivity index (χ0) is 11.4. The Morgan fingerprint density at radius 3 is 2.69 bits per heavy atom. The summed E-state index contributed by atoms with van der Waals surface area (Å²) < 4.78 is 5.26. The second kappa shape index (κ2) is 5.64. The van der Waals surface area contributed by atoms with Gasteiger partial charge in [-0.3, -0.25) is 4.90 Å². The number of morpholine rings is 1. The molecule has 1 aliphatic heterocycles. The van der Waals surface area contributed by atoms with Gasteiger partial charge in [0.1, 0.15) is 0 Å². The molecular formula is C12H16ClNO2. The summed E-state index contributed by atoms with van der Waals surface area (Å²) in [5.74, 6) is 0. The maximum atomic E-state index is 10.1. The molecule has 88 valence electrons. The van der Waals surface area contributed by atoms with Crippen molar-refractivity contribution in [3.05, 3.63) is 34.9 Å². The van der Waals surface area contributed by atoms with Crippen LogP contribution in [-0.2, 0) is 4.74 Å². The smallest absolute Gasteiger partial charge is 0.0931 e. The molecule has 1 saturated heterocycles. The zero-order valence-corrected chi connectivity index (χ0v) is 9.86. The molecule has 0 bridgehead atoms. The van der Waals surface area contributed by atoms with Crippen LogP contribution in [0.1, 0.15) is 11.7 Å². The van der Waals surface area contributed by atoms with Crippen molar-refractivity contribution in [2.45, 2.75) is 6.10 Å². The number of nitrogens with zero attached hydrogens (tertiary/aromatic N) is 1. The molecule has 3 nitrogen and oxygen atoms in total. The van der Waals surface area contributed by atoms with E-state index in [1.54, 1.807) is 6.07 Å². The van der Waals surface area contributed by atoms with Crippen LogP contribution in [0.2, 0.25) is 5.02 Å². The van der Waals surface area contributed by atoms with E-state index in [1.165, 1.54) is 0 Å². The summed E-state index contributed by atoms with van der Waals surface area (Å²) in [5.41, 5.74) is 0.802. The van der Waals surface area contributed by atoms with Crippen LogP contribution < -0.4 is 0 Å². The van der Waals surface area contributed by atoms with Crippen molar-refractivity contribution >= 4 is 11.6 Å². The Labute approximate surface area is 101 Å². The van der Waals surface area contributed by atoms with Crippen molar-refractivity contribution in [3.8, 4) is 0 Å². The molecule has 0 aliphatic carbocycles. The van der Waals surface area contributed by atoms with Gasteiger partial charge in [0.2, 0.25) is 0 Å². The number of benzene rings is 1. The molecule has 1 aromatic rings. The molecule has 0 radical (unpaired) electrons. The number of hydrogen-bond acceptors (Lipinski definition) is 3. The fourth-order valence-electron chi connectivity index (χ4n) is 1.87. The van der Waals surface area contributed by atoms with Crippen molar-refractivity contribution in [1.82, 2.24) is 4.90 Å². The lowest BCUT2D eigenvalue weighted by atomic mass is 10.1. The van der Waals surface area contributed by atoms with Gasteiger partial charge in [0.05, 0.1) is 19.3 Å². The highest BCUT2D eigenvalue weighted by Crippen LogP contribution is 2.23. The zero-order valence-electron chi connectivity index (χ0n) is 9.10. The molecule has 4 heteroatoms. The van der Waals surface area contributed by atoms with Crippen LogP contribution in [0.3, 0.4) is 0 Å². The quantitative estimate of drug-likeness (QED) is 0.875. The summed E-state index contributed by atoms with van der Waals surface area (Å²) >= 11 is 6.03. The number of halogens is 1. The summed E-state index contributed by atoms with van der Waals surface area (Å²) in [6, 6.07) is 7.43. The Morgan fingerprint density at radius 2 is 2.00 bits per heavy atom. The van der Waals surface area contributed by atoms with Crippen molar-refractivity contribution in [2.24, 2.45) is 0 Å². The molecular weight excluding hydrogens is 226 g/mol. The maximum absolute atomic E-state index is 10.1. The molecule has 1 unspecified atom stereocenters. The van der Waals surface area contributed by atoms with Crippen LogP contribution >= 0.6 is 11.6 Å². The van der Waals surface area contributed by atoms with Gasteiger partial charge < -0.3 is 9.84 Å². The molecule has 0 saturated carbocycles. The largest absolute Gasteiger partial charge is 0.387 e. The number of ether oxygens (including phenoxy) is 1. The van der Waals surface area contributed by atoms with Crippen LogP contribution in [0.5, 0.6) is 0 Å². The molecule has 0 aromatic heterocycles. The van der Waals surface area contributed by atoms with Gasteiger partial charge in [0.25, 0.3) is 0 Å². The number of β-amino-alcohol motifs (C(OH)–C–C–N with tert-alkyl or cyclic N) is 1. The molecule has 16 heavy (non-hydrogen) atoms. The molecule has 1 atom stereocenters. The predicted octanol–water partition coefficient (Wildman–Crippen LogP) is 1.71. The average molecular weight is 242 g/mol. The summed E-state index contributed by atoms with van der Waals surface area (Å²) in [7, 11) is 0. The summed E-state index contributed by atoms with van der Waals surface area (Å²) in [6.45, 7) is 3.86. The van der Waals surface area contributed by atoms with E-state index in [9.17, 15) is 5.11 Å². The van der Waals surface area contributed by atoms with E-state index in [4.69, 9.17) is 16.3 Å². The third-order valence-corrected chi connectivity index (χ3v) is 3.14. The Hall–Kier alpha value is -0.610. The van der Waals surface area contributed by atoms with Crippen LogP contribution in [0.4, 0.5) is 0 Å². The van der Waals surface area contributed by atoms with E-state index in [2.05, 4.69) is 4.90 Å². The molecule has 1 aliphatic rings. The van der Waals surface area contributed by atoms with Gasteiger partial charge in [-0.1, -0.05) is 29.8 Å². The molecule has 1 N–H and O–H groups in total. The standard InChI is InChI=1S/C12H16ClNO2/c13-11-4-2-1-3-10(11)12(15)9-14-5-7-16-8-6-14/h1-4,12,15H,5-9H2. The van der Waals surface area contributed by atoms with Gasteiger partial charge >= 0.3 is 0 Å². The normalized spacial score (nSPS) is 19.6. The number of rotatable bonds is 3. The molecule has 1 aromatic carbocycles. The first-order valence-corrected chi connectivity index (χ1v) is 5.88. The van der Waals surface area contributed by atoms with E-state index in [0.29, 0.717) is 11.6 Å². The third-order valence-electron chi connectivity index (χ3n) is 2.80. The SMILES string of the molecule is OC(CN1CCOCC1)c1ccccc1Cl. The second-order valence-electron chi connectivity index (χ2n) is 3.95. The highest BCUT2D eigenvalue weighted by Gasteiger charge is 2.17. The average Bonchev–Trinajstić information content (AvgIpc) is 2.31. The Balaban J connectivity index is 1.96. The topological polar surface area (TPSA) is 32.7 Å². The number of hydrogen-bond donors (Lipinski definition) is 1. The van der Waals surface area contributed by atoms with Gasteiger partial charge in [-0.2, -0.15) is 0 Å². The fourth-order valence-corrected chi connectivity index (χ4v) is 2.13. The van der Waals surface area contributed by atoms with Gasteiger partial charge in [-0.05, 0) is 6.07 Å². The van der Waals surface area contributed by atoms with E-state index in [-0.39, 0.29) is 0 Å². The van der Waals surface area contributed by atoms with Crippen LogP contribution in [0.15, 0.2) is 24.3 Å². The Morgan fingerprint density at radius 1 is 1.31 bits per heavy atom. The first-order chi connectivity index (χ1) is 7.77. The van der Waals surface area contributed by atoms with E-state index in [0.717, 1.165) is 31.9 Å². The molecule has 0 amide bonds. The van der Waals surface area contributed by atoms with E-state index < -0.39 is 6.10 Å². The predicted molar refractivity (Wildman–Crippen MR) is 63.7 cm³/mol. The maximum Gasteiger partial charge on any atom is 0.0931 e. The summed E-state index contributed by atoms with van der Waals surface area (Å²) in [6.07, 6.45) is -0.521. The van der Waals surface area contributed by atoms with Crippen molar-refractivity contribution in [1.29, 1.82) is 0 Å². The lowest BCUT2D eigenvalue weighted by molar-refractivity contribution is 0.0143. The second-order valence-corrected chi connectivity index (χ2v) is 4.36.